The summed E-state index contributed by atoms with van der Waals surface area (Å²) in [6.45, 7) is 10.8. The molecule has 0 aliphatic carbocycles. The number of hydrogen-bond acceptors (Lipinski definition) is 7. The molecule has 1 saturated heterocycles. The number of amides is 1. The van der Waals surface area contributed by atoms with Crippen LogP contribution in [-0.4, -0.2) is 73.5 Å². The lowest BCUT2D eigenvalue weighted by Crippen LogP contribution is -2.50. The van der Waals surface area contributed by atoms with Crippen molar-refractivity contribution in [1.29, 1.82) is 0 Å². The van der Waals surface area contributed by atoms with E-state index in [9.17, 15) is 23.3 Å². The average molecular weight is 443 g/mol. The molecule has 1 fully saturated rings. The Bertz CT molecular complexity index is 885. The van der Waals surface area contributed by atoms with Crippen LogP contribution in [0.25, 0.3) is 0 Å². The number of anilines is 1. The predicted molar refractivity (Wildman–Crippen MR) is 113 cm³/mol. The highest BCUT2D eigenvalue weighted by Gasteiger charge is 2.30. The topological polar surface area (TPSA) is 113 Å². The van der Waals surface area contributed by atoms with Gasteiger partial charge in [0, 0.05) is 45.3 Å². The minimum Gasteiger partial charge on any atom is -0.444 e. The summed E-state index contributed by atoms with van der Waals surface area (Å²) in [6.07, 6.45) is -0.419. The van der Waals surface area contributed by atoms with Crippen molar-refractivity contribution < 1.29 is 22.9 Å². The molecule has 1 aliphatic heterocycles. The third kappa shape index (κ3) is 5.39. The second-order valence-corrected chi connectivity index (χ2v) is 9.89. The summed E-state index contributed by atoms with van der Waals surface area (Å²) in [5, 5.41) is 11.7. The highest BCUT2D eigenvalue weighted by atomic mass is 32.2. The van der Waals surface area contributed by atoms with Crippen molar-refractivity contribution >= 4 is 27.5 Å². The van der Waals surface area contributed by atoms with Crippen LogP contribution in [0, 0.1) is 10.1 Å². The summed E-state index contributed by atoms with van der Waals surface area (Å²) in [5.74, 6) is 0. The number of nitrogens with zero attached hydrogens (tertiary/aromatic N) is 4. The van der Waals surface area contributed by atoms with Crippen LogP contribution >= 0.6 is 0 Å². The van der Waals surface area contributed by atoms with Gasteiger partial charge in [-0.3, -0.25) is 10.1 Å². The molecule has 1 aromatic carbocycles. The standard InChI is InChI=1S/C19H30N4O6S/c1-6-22(7-2)30(27,28)15-8-9-16(17(14-15)23(25)26)20-10-12-21(13-11-20)18(24)29-19(3,4)5/h8-9,14H,6-7,10-13H2,1-5H3. The van der Waals surface area contributed by atoms with Crippen LogP contribution in [0.2, 0.25) is 0 Å². The number of piperazine rings is 1. The van der Waals surface area contributed by atoms with E-state index in [1.807, 2.05) is 0 Å². The zero-order valence-corrected chi connectivity index (χ0v) is 18.9. The van der Waals surface area contributed by atoms with E-state index in [2.05, 4.69) is 0 Å². The van der Waals surface area contributed by atoms with E-state index in [0.29, 0.717) is 31.9 Å². The van der Waals surface area contributed by atoms with Crippen molar-refractivity contribution in [1.82, 2.24) is 9.21 Å². The highest BCUT2D eigenvalue weighted by Crippen LogP contribution is 2.32. The smallest absolute Gasteiger partial charge is 0.410 e. The molecule has 0 unspecified atom stereocenters. The van der Waals surface area contributed by atoms with Gasteiger partial charge >= 0.3 is 6.09 Å². The van der Waals surface area contributed by atoms with E-state index in [4.69, 9.17) is 4.74 Å². The van der Waals surface area contributed by atoms with E-state index >= 15 is 0 Å². The van der Waals surface area contributed by atoms with Gasteiger partial charge in [0.25, 0.3) is 5.69 Å². The largest absolute Gasteiger partial charge is 0.444 e. The second-order valence-electron chi connectivity index (χ2n) is 7.95. The fraction of sp³-hybridized carbons (Fsp3) is 0.632. The number of ether oxygens (including phenoxy) is 1. The first-order valence-corrected chi connectivity index (χ1v) is 11.4. The summed E-state index contributed by atoms with van der Waals surface area (Å²) in [5.41, 5.74) is -0.532. The zero-order chi connectivity index (χ0) is 22.7. The maximum absolute atomic E-state index is 12.7. The Morgan fingerprint density at radius 2 is 1.73 bits per heavy atom. The average Bonchev–Trinajstić information content (AvgIpc) is 2.67. The lowest BCUT2D eigenvalue weighted by molar-refractivity contribution is -0.384. The summed E-state index contributed by atoms with van der Waals surface area (Å²) in [6, 6.07) is 3.98. The van der Waals surface area contributed by atoms with E-state index in [1.165, 1.54) is 16.4 Å². The Kier molecular flexibility index (Phi) is 7.30. The normalized spacial score (nSPS) is 15.4. The van der Waals surface area contributed by atoms with Crippen LogP contribution in [0.3, 0.4) is 0 Å². The molecule has 168 valence electrons. The molecule has 0 atom stereocenters. The van der Waals surface area contributed by atoms with Gasteiger partial charge in [0.05, 0.1) is 9.82 Å². The lowest BCUT2D eigenvalue weighted by atomic mass is 10.2. The number of carbonyl (C=O) groups excluding carboxylic acids is 1. The summed E-state index contributed by atoms with van der Waals surface area (Å²) >= 11 is 0. The van der Waals surface area contributed by atoms with Crippen LogP contribution in [0.5, 0.6) is 0 Å². The van der Waals surface area contributed by atoms with Crippen molar-refractivity contribution in [3.63, 3.8) is 0 Å². The van der Waals surface area contributed by atoms with Gasteiger partial charge in [0.15, 0.2) is 0 Å². The fourth-order valence-corrected chi connectivity index (χ4v) is 4.72. The third-order valence-corrected chi connectivity index (χ3v) is 6.80. The Morgan fingerprint density at radius 1 is 1.17 bits per heavy atom. The quantitative estimate of drug-likeness (QED) is 0.491. The molecule has 0 spiro atoms. The predicted octanol–water partition coefficient (Wildman–Crippen LogP) is 2.68. The van der Waals surface area contributed by atoms with Crippen LogP contribution in [-0.2, 0) is 14.8 Å². The SMILES string of the molecule is CCN(CC)S(=O)(=O)c1ccc(N2CCN(C(=O)OC(C)(C)C)CC2)c([N+](=O)[O-])c1. The Labute approximate surface area is 177 Å². The number of hydrogen-bond donors (Lipinski definition) is 0. The lowest BCUT2D eigenvalue weighted by Gasteiger charge is -2.36. The molecule has 1 aliphatic rings. The Morgan fingerprint density at radius 3 is 2.20 bits per heavy atom. The van der Waals surface area contributed by atoms with Crippen LogP contribution in [0.4, 0.5) is 16.2 Å². The first kappa shape index (κ1) is 23.9. The first-order valence-electron chi connectivity index (χ1n) is 9.92. The van der Waals surface area contributed by atoms with Gasteiger partial charge in [-0.1, -0.05) is 13.8 Å². The van der Waals surface area contributed by atoms with Gasteiger partial charge in [0.2, 0.25) is 10.0 Å². The maximum atomic E-state index is 12.7. The molecular weight excluding hydrogens is 412 g/mol. The molecule has 1 heterocycles. The number of rotatable bonds is 6. The van der Waals surface area contributed by atoms with Crippen molar-refractivity contribution in [2.75, 3.05) is 44.2 Å². The van der Waals surface area contributed by atoms with Gasteiger partial charge in [-0.05, 0) is 32.9 Å². The van der Waals surface area contributed by atoms with Gasteiger partial charge in [0.1, 0.15) is 11.3 Å². The van der Waals surface area contributed by atoms with Crippen LogP contribution in [0.15, 0.2) is 23.1 Å². The monoisotopic (exact) mass is 442 g/mol. The van der Waals surface area contributed by atoms with Gasteiger partial charge in [-0.15, -0.1) is 0 Å². The van der Waals surface area contributed by atoms with Crippen molar-refractivity contribution in [3.05, 3.63) is 28.3 Å². The van der Waals surface area contributed by atoms with Crippen LogP contribution < -0.4 is 4.90 Å². The number of sulfonamides is 1. The molecule has 1 aromatic rings. The molecule has 0 aromatic heterocycles. The Balaban J connectivity index is 2.23. The number of benzene rings is 1. The molecule has 0 bridgehead atoms. The van der Waals surface area contributed by atoms with E-state index in [0.717, 1.165) is 6.07 Å². The number of carbonyl (C=O) groups is 1. The molecule has 10 nitrogen and oxygen atoms in total. The molecule has 0 saturated carbocycles. The van der Waals surface area contributed by atoms with Crippen molar-refractivity contribution in [2.45, 2.75) is 45.1 Å². The summed E-state index contributed by atoms with van der Waals surface area (Å²) in [4.78, 5) is 26.6. The molecule has 30 heavy (non-hydrogen) atoms. The number of nitro benzene ring substituents is 1. The first-order chi connectivity index (χ1) is 13.9. The Hall–Kier alpha value is -2.40. The maximum Gasteiger partial charge on any atom is 0.410 e. The highest BCUT2D eigenvalue weighted by molar-refractivity contribution is 7.89. The second kappa shape index (κ2) is 9.17. The molecule has 0 N–H and O–H groups in total. The summed E-state index contributed by atoms with van der Waals surface area (Å²) < 4.78 is 32.1. The molecule has 11 heteroatoms. The summed E-state index contributed by atoms with van der Waals surface area (Å²) in [7, 11) is -3.80. The van der Waals surface area contributed by atoms with E-state index in [-0.39, 0.29) is 23.7 Å². The number of nitro groups is 1. The zero-order valence-electron chi connectivity index (χ0n) is 18.1. The van der Waals surface area contributed by atoms with Gasteiger partial charge in [-0.25, -0.2) is 13.2 Å². The van der Waals surface area contributed by atoms with E-state index < -0.39 is 26.6 Å². The van der Waals surface area contributed by atoms with Gasteiger partial charge in [-0.2, -0.15) is 4.31 Å². The van der Waals surface area contributed by atoms with Gasteiger partial charge < -0.3 is 14.5 Å². The molecule has 2 rings (SSSR count). The molecule has 1 amide bonds. The molecule has 0 radical (unpaired) electrons. The van der Waals surface area contributed by atoms with Crippen molar-refractivity contribution in [3.8, 4) is 0 Å². The third-order valence-electron chi connectivity index (χ3n) is 4.76. The minimum atomic E-state index is -3.80. The van der Waals surface area contributed by atoms with Crippen molar-refractivity contribution in [2.24, 2.45) is 0 Å². The molecular formula is C19H30N4O6S. The minimum absolute atomic E-state index is 0.103. The fourth-order valence-electron chi connectivity index (χ4n) is 3.25. The van der Waals surface area contributed by atoms with Crippen LogP contribution in [0.1, 0.15) is 34.6 Å². The van der Waals surface area contributed by atoms with E-state index in [1.54, 1.807) is 44.4 Å².